The molecule has 3 aromatic rings. The Morgan fingerprint density at radius 1 is 1.08 bits per heavy atom. The number of nitrogens with one attached hydrogen (secondary N) is 2. The minimum atomic E-state index is -0.365. The van der Waals surface area contributed by atoms with Gasteiger partial charge in [-0.15, -0.1) is 0 Å². The Balaban J connectivity index is 1.61. The number of halogens is 1. The van der Waals surface area contributed by atoms with Crippen molar-refractivity contribution in [3.05, 3.63) is 72.0 Å². The van der Waals surface area contributed by atoms with Gasteiger partial charge in [-0.05, 0) is 47.2 Å². The van der Waals surface area contributed by atoms with Crippen LogP contribution in [0.5, 0.6) is 5.75 Å². The highest BCUT2D eigenvalue weighted by Crippen LogP contribution is 2.21. The molecule has 4 nitrogen and oxygen atoms in total. The van der Waals surface area contributed by atoms with Gasteiger partial charge in [-0.25, -0.2) is 4.39 Å². The molecule has 0 aliphatic carbocycles. The van der Waals surface area contributed by atoms with Crippen LogP contribution in [-0.2, 0) is 11.3 Å². The normalized spacial score (nSPS) is 12.0. The lowest BCUT2D eigenvalue weighted by Crippen LogP contribution is -3.08. The molecule has 134 valence electrons. The summed E-state index contributed by atoms with van der Waals surface area (Å²) in [6, 6.07) is 18.1. The van der Waals surface area contributed by atoms with Gasteiger partial charge >= 0.3 is 0 Å². The fourth-order valence-corrected chi connectivity index (χ4v) is 2.97. The van der Waals surface area contributed by atoms with Gasteiger partial charge in [0.1, 0.15) is 18.1 Å². The van der Waals surface area contributed by atoms with E-state index in [1.807, 2.05) is 25.2 Å². The van der Waals surface area contributed by atoms with Crippen LogP contribution in [0.4, 0.5) is 10.1 Å². The Morgan fingerprint density at radius 2 is 1.85 bits per heavy atom. The van der Waals surface area contributed by atoms with Crippen LogP contribution in [0.1, 0.15) is 5.56 Å². The van der Waals surface area contributed by atoms with Crippen LogP contribution in [0.2, 0.25) is 0 Å². The molecule has 0 fully saturated rings. The minimum Gasteiger partial charge on any atom is -0.497 e. The standard InChI is InChI=1S/C21H21FN2O2/c1-24(14-21(25)23-19-5-3-4-18(22)12-19)13-15-6-7-17-11-20(26-2)9-8-16(17)10-15/h3-12H,13-14H2,1-2H3,(H,23,25)/p+1. The van der Waals surface area contributed by atoms with E-state index in [0.29, 0.717) is 12.2 Å². The number of amides is 1. The maximum atomic E-state index is 13.2. The summed E-state index contributed by atoms with van der Waals surface area (Å²) in [7, 11) is 3.62. The van der Waals surface area contributed by atoms with Crippen molar-refractivity contribution in [2.24, 2.45) is 0 Å². The van der Waals surface area contributed by atoms with Crippen LogP contribution in [0.3, 0.4) is 0 Å². The molecule has 2 N–H and O–H groups in total. The summed E-state index contributed by atoms with van der Waals surface area (Å²) in [4.78, 5) is 13.2. The van der Waals surface area contributed by atoms with Crippen LogP contribution in [0.25, 0.3) is 10.8 Å². The Kier molecular flexibility index (Phi) is 5.49. The van der Waals surface area contributed by atoms with Gasteiger partial charge in [0, 0.05) is 11.3 Å². The summed E-state index contributed by atoms with van der Waals surface area (Å²) in [6.45, 7) is 1.02. The molecule has 0 heterocycles. The van der Waals surface area contributed by atoms with Gasteiger partial charge in [0.2, 0.25) is 0 Å². The van der Waals surface area contributed by atoms with E-state index in [2.05, 4.69) is 23.5 Å². The molecular weight excluding hydrogens is 331 g/mol. The summed E-state index contributed by atoms with van der Waals surface area (Å²) in [5.74, 6) is 0.330. The van der Waals surface area contributed by atoms with E-state index in [1.54, 1.807) is 19.2 Å². The maximum absolute atomic E-state index is 13.2. The number of rotatable bonds is 6. The van der Waals surface area contributed by atoms with Crippen molar-refractivity contribution >= 4 is 22.4 Å². The van der Waals surface area contributed by atoms with Crippen molar-refractivity contribution in [1.82, 2.24) is 0 Å². The van der Waals surface area contributed by atoms with Gasteiger partial charge in [0.05, 0.1) is 14.2 Å². The SMILES string of the molecule is COc1ccc2cc(C[NH+](C)CC(=O)Nc3cccc(F)c3)ccc2c1. The van der Waals surface area contributed by atoms with E-state index in [9.17, 15) is 9.18 Å². The summed E-state index contributed by atoms with van der Waals surface area (Å²) >= 11 is 0. The fourth-order valence-electron chi connectivity index (χ4n) is 2.97. The van der Waals surface area contributed by atoms with E-state index in [-0.39, 0.29) is 11.7 Å². The van der Waals surface area contributed by atoms with Crippen molar-refractivity contribution in [2.45, 2.75) is 6.54 Å². The zero-order chi connectivity index (χ0) is 18.5. The van der Waals surface area contributed by atoms with Crippen molar-refractivity contribution in [1.29, 1.82) is 0 Å². The monoisotopic (exact) mass is 353 g/mol. The Bertz CT molecular complexity index is 927. The summed E-state index contributed by atoms with van der Waals surface area (Å²) in [5.41, 5.74) is 1.63. The third-order valence-electron chi connectivity index (χ3n) is 4.19. The summed E-state index contributed by atoms with van der Waals surface area (Å²) in [6.07, 6.45) is 0. The lowest BCUT2D eigenvalue weighted by atomic mass is 10.1. The number of hydrogen-bond donors (Lipinski definition) is 2. The average Bonchev–Trinajstić information content (AvgIpc) is 2.61. The van der Waals surface area contributed by atoms with Crippen molar-refractivity contribution in [3.63, 3.8) is 0 Å². The molecule has 0 aliphatic rings. The quantitative estimate of drug-likeness (QED) is 0.715. The Hall–Kier alpha value is -2.92. The minimum absolute atomic E-state index is 0.140. The van der Waals surface area contributed by atoms with Crippen LogP contribution in [-0.4, -0.2) is 26.6 Å². The van der Waals surface area contributed by atoms with Gasteiger partial charge in [0.25, 0.3) is 5.91 Å². The smallest absolute Gasteiger partial charge is 0.279 e. The molecule has 1 amide bonds. The fraction of sp³-hybridized carbons (Fsp3) is 0.190. The van der Waals surface area contributed by atoms with Gasteiger partial charge in [-0.2, -0.15) is 0 Å². The van der Waals surface area contributed by atoms with Crippen LogP contribution >= 0.6 is 0 Å². The lowest BCUT2D eigenvalue weighted by Gasteiger charge is -2.14. The zero-order valence-electron chi connectivity index (χ0n) is 14.9. The first kappa shape index (κ1) is 17.9. The highest BCUT2D eigenvalue weighted by atomic mass is 19.1. The zero-order valence-corrected chi connectivity index (χ0v) is 14.9. The van der Waals surface area contributed by atoms with Crippen molar-refractivity contribution in [2.75, 3.05) is 26.0 Å². The first-order chi connectivity index (χ1) is 12.5. The molecule has 0 aliphatic heterocycles. The largest absolute Gasteiger partial charge is 0.497 e. The molecule has 26 heavy (non-hydrogen) atoms. The number of quaternary nitrogens is 1. The van der Waals surface area contributed by atoms with E-state index < -0.39 is 0 Å². The highest BCUT2D eigenvalue weighted by molar-refractivity contribution is 5.91. The second kappa shape index (κ2) is 7.97. The molecule has 3 rings (SSSR count). The molecule has 0 saturated heterocycles. The second-order valence-electron chi connectivity index (χ2n) is 6.42. The van der Waals surface area contributed by atoms with Gasteiger partial charge in [-0.3, -0.25) is 4.79 Å². The molecule has 0 spiro atoms. The molecular formula is C21H22FN2O2+. The number of ether oxygens (including phenoxy) is 1. The third-order valence-corrected chi connectivity index (χ3v) is 4.19. The van der Waals surface area contributed by atoms with E-state index in [4.69, 9.17) is 4.74 Å². The predicted octanol–water partition coefficient (Wildman–Crippen LogP) is 2.64. The van der Waals surface area contributed by atoms with Crippen LogP contribution < -0.4 is 15.0 Å². The number of fused-ring (bicyclic) bond motifs is 1. The number of carbonyl (C=O) groups is 1. The van der Waals surface area contributed by atoms with Crippen molar-refractivity contribution < 1.29 is 18.8 Å². The van der Waals surface area contributed by atoms with E-state index in [0.717, 1.165) is 33.5 Å². The van der Waals surface area contributed by atoms with Crippen molar-refractivity contribution in [3.8, 4) is 5.75 Å². The summed E-state index contributed by atoms with van der Waals surface area (Å²) < 4.78 is 18.4. The Morgan fingerprint density at radius 3 is 2.62 bits per heavy atom. The number of methoxy groups -OCH3 is 1. The molecule has 0 aromatic heterocycles. The van der Waals surface area contributed by atoms with Crippen LogP contribution in [0, 0.1) is 5.82 Å². The number of hydrogen-bond acceptors (Lipinski definition) is 2. The topological polar surface area (TPSA) is 42.8 Å². The lowest BCUT2D eigenvalue weighted by molar-refractivity contribution is -0.885. The molecule has 1 unspecified atom stereocenters. The van der Waals surface area contributed by atoms with Gasteiger partial charge in [0.15, 0.2) is 6.54 Å². The molecule has 1 atom stereocenters. The average molecular weight is 353 g/mol. The Labute approximate surface area is 152 Å². The first-order valence-corrected chi connectivity index (χ1v) is 8.47. The molecule has 0 bridgehead atoms. The molecule has 0 saturated carbocycles. The van der Waals surface area contributed by atoms with Crippen LogP contribution in [0.15, 0.2) is 60.7 Å². The van der Waals surface area contributed by atoms with Gasteiger partial charge < -0.3 is 15.0 Å². The first-order valence-electron chi connectivity index (χ1n) is 8.47. The molecule has 3 aromatic carbocycles. The third kappa shape index (κ3) is 4.58. The number of anilines is 1. The predicted molar refractivity (Wildman–Crippen MR) is 101 cm³/mol. The summed E-state index contributed by atoms with van der Waals surface area (Å²) in [5, 5.41) is 4.99. The highest BCUT2D eigenvalue weighted by Gasteiger charge is 2.11. The molecule has 5 heteroatoms. The van der Waals surface area contributed by atoms with Gasteiger partial charge in [-0.1, -0.05) is 24.3 Å². The molecule has 0 radical (unpaired) electrons. The number of benzene rings is 3. The number of carbonyl (C=O) groups excluding carboxylic acids is 1. The maximum Gasteiger partial charge on any atom is 0.279 e. The number of likely N-dealkylation sites (N-methyl/N-ethyl adjacent to an activating group) is 1. The second-order valence-corrected chi connectivity index (χ2v) is 6.42. The van der Waals surface area contributed by atoms with E-state index >= 15 is 0 Å². The van der Waals surface area contributed by atoms with E-state index in [1.165, 1.54) is 12.1 Å².